The van der Waals surface area contributed by atoms with Crippen LogP contribution in [0.4, 0.5) is 4.79 Å². The lowest BCUT2D eigenvalue weighted by molar-refractivity contribution is 0.114. The van der Waals surface area contributed by atoms with E-state index in [1.807, 2.05) is 45.0 Å². The molecule has 1 saturated heterocycles. The first-order valence-corrected chi connectivity index (χ1v) is 7.46. The van der Waals surface area contributed by atoms with Crippen LogP contribution in [0.15, 0.2) is 24.3 Å². The summed E-state index contributed by atoms with van der Waals surface area (Å²) in [6, 6.07) is 7.70. The highest BCUT2D eigenvalue weighted by atomic mass is 16.5. The van der Waals surface area contributed by atoms with E-state index in [9.17, 15) is 4.79 Å². The summed E-state index contributed by atoms with van der Waals surface area (Å²) in [7, 11) is 0. The minimum atomic E-state index is -0.160. The van der Waals surface area contributed by atoms with Crippen LogP contribution >= 0.6 is 0 Å². The van der Waals surface area contributed by atoms with Gasteiger partial charge in [-0.15, -0.1) is 0 Å². The summed E-state index contributed by atoms with van der Waals surface area (Å²) < 4.78 is 11.1. The predicted octanol–water partition coefficient (Wildman–Crippen LogP) is 2.45. The largest absolute Gasteiger partial charge is 0.491 e. The summed E-state index contributed by atoms with van der Waals surface area (Å²) in [6.45, 7) is 7.14. The van der Waals surface area contributed by atoms with E-state index in [1.54, 1.807) is 0 Å². The molecule has 1 aliphatic rings. The van der Waals surface area contributed by atoms with Crippen LogP contribution < -0.4 is 15.4 Å². The molecular formula is C16H24N2O3. The van der Waals surface area contributed by atoms with E-state index in [-0.39, 0.29) is 24.3 Å². The van der Waals surface area contributed by atoms with Crippen molar-refractivity contribution in [1.82, 2.24) is 10.6 Å². The number of hydrogen-bond donors (Lipinski definition) is 2. The summed E-state index contributed by atoms with van der Waals surface area (Å²) in [5, 5.41) is 5.81. The minimum absolute atomic E-state index is 0.0820. The minimum Gasteiger partial charge on any atom is -0.491 e. The van der Waals surface area contributed by atoms with Crippen molar-refractivity contribution in [2.24, 2.45) is 0 Å². The number of ether oxygens (including phenoxy) is 2. The van der Waals surface area contributed by atoms with Gasteiger partial charge in [0.2, 0.25) is 0 Å². The average molecular weight is 292 g/mol. The first-order chi connectivity index (χ1) is 10.0. The van der Waals surface area contributed by atoms with Gasteiger partial charge >= 0.3 is 6.03 Å². The molecule has 116 valence electrons. The summed E-state index contributed by atoms with van der Waals surface area (Å²) in [5.74, 6) is 0.822. The van der Waals surface area contributed by atoms with Crippen molar-refractivity contribution in [3.63, 3.8) is 0 Å². The number of urea groups is 1. The topological polar surface area (TPSA) is 59.6 Å². The Balaban J connectivity index is 1.80. The number of amides is 2. The Bertz CT molecular complexity index is 476. The zero-order valence-corrected chi connectivity index (χ0v) is 12.9. The van der Waals surface area contributed by atoms with Gasteiger partial charge in [-0.1, -0.05) is 12.1 Å². The van der Waals surface area contributed by atoms with E-state index in [4.69, 9.17) is 9.47 Å². The van der Waals surface area contributed by atoms with Crippen molar-refractivity contribution in [3.05, 3.63) is 29.8 Å². The molecule has 1 aliphatic heterocycles. The Labute approximate surface area is 126 Å². The van der Waals surface area contributed by atoms with Crippen LogP contribution in [0.5, 0.6) is 5.75 Å². The van der Waals surface area contributed by atoms with E-state index in [0.29, 0.717) is 13.2 Å². The molecule has 5 heteroatoms. The molecule has 1 fully saturated rings. The van der Waals surface area contributed by atoms with E-state index in [1.165, 1.54) is 0 Å². The molecule has 5 nitrogen and oxygen atoms in total. The molecule has 0 spiro atoms. The van der Waals surface area contributed by atoms with E-state index < -0.39 is 0 Å². The zero-order chi connectivity index (χ0) is 15.2. The lowest BCUT2D eigenvalue weighted by Gasteiger charge is -2.16. The molecule has 2 atom stereocenters. The quantitative estimate of drug-likeness (QED) is 0.876. The van der Waals surface area contributed by atoms with Gasteiger partial charge in [-0.25, -0.2) is 4.79 Å². The van der Waals surface area contributed by atoms with Crippen LogP contribution in [0, 0.1) is 0 Å². The Morgan fingerprint density at radius 1 is 1.48 bits per heavy atom. The highest BCUT2D eigenvalue weighted by Crippen LogP contribution is 2.15. The number of benzene rings is 1. The molecule has 1 heterocycles. The van der Waals surface area contributed by atoms with Crippen molar-refractivity contribution < 1.29 is 14.3 Å². The molecule has 0 saturated carbocycles. The molecule has 0 radical (unpaired) electrons. The first kappa shape index (κ1) is 15.6. The standard InChI is InChI=1S/C16H24N2O3/c1-11(2)21-14-6-4-5-13(9-14)10-17-16(19)18-15-7-8-20-12(15)3/h4-6,9,11-12,15H,7-8,10H2,1-3H3,(H2,17,18,19). The molecule has 2 N–H and O–H groups in total. The van der Waals surface area contributed by atoms with Gasteiger partial charge in [0, 0.05) is 13.2 Å². The maximum Gasteiger partial charge on any atom is 0.315 e. The third kappa shape index (κ3) is 4.93. The van der Waals surface area contributed by atoms with Gasteiger partial charge in [0.1, 0.15) is 5.75 Å². The highest BCUT2D eigenvalue weighted by molar-refractivity contribution is 5.74. The predicted molar refractivity (Wildman–Crippen MR) is 81.4 cm³/mol. The number of rotatable bonds is 5. The van der Waals surface area contributed by atoms with Crippen LogP contribution in [-0.4, -0.2) is 30.9 Å². The normalized spacial score (nSPS) is 21.3. The van der Waals surface area contributed by atoms with Gasteiger partial charge in [-0.05, 0) is 44.9 Å². The fourth-order valence-corrected chi connectivity index (χ4v) is 2.32. The molecule has 0 aliphatic carbocycles. The fourth-order valence-electron chi connectivity index (χ4n) is 2.32. The third-order valence-electron chi connectivity index (χ3n) is 3.42. The number of hydrogen-bond acceptors (Lipinski definition) is 3. The lowest BCUT2D eigenvalue weighted by Crippen LogP contribution is -2.44. The van der Waals surface area contributed by atoms with E-state index in [0.717, 1.165) is 17.7 Å². The van der Waals surface area contributed by atoms with Crippen molar-refractivity contribution in [1.29, 1.82) is 0 Å². The number of carbonyl (C=O) groups is 1. The van der Waals surface area contributed by atoms with Crippen molar-refractivity contribution in [2.45, 2.75) is 52.0 Å². The van der Waals surface area contributed by atoms with Crippen LogP contribution in [0.3, 0.4) is 0 Å². The second-order valence-electron chi connectivity index (χ2n) is 5.61. The van der Waals surface area contributed by atoms with Crippen molar-refractivity contribution in [3.8, 4) is 5.75 Å². The van der Waals surface area contributed by atoms with Crippen LogP contribution in [0.1, 0.15) is 32.8 Å². The maximum atomic E-state index is 11.9. The second kappa shape index (κ2) is 7.31. The molecule has 2 amide bonds. The van der Waals surface area contributed by atoms with Crippen molar-refractivity contribution >= 4 is 6.03 Å². The Hall–Kier alpha value is -1.75. The molecule has 1 aromatic rings. The Kier molecular flexibility index (Phi) is 5.44. The third-order valence-corrected chi connectivity index (χ3v) is 3.42. The fraction of sp³-hybridized carbons (Fsp3) is 0.562. The van der Waals surface area contributed by atoms with E-state index in [2.05, 4.69) is 10.6 Å². The molecule has 21 heavy (non-hydrogen) atoms. The van der Waals surface area contributed by atoms with Crippen LogP contribution in [0.2, 0.25) is 0 Å². The summed E-state index contributed by atoms with van der Waals surface area (Å²) in [6.07, 6.45) is 1.09. The molecule has 0 bridgehead atoms. The van der Waals surface area contributed by atoms with Crippen molar-refractivity contribution in [2.75, 3.05) is 6.61 Å². The Morgan fingerprint density at radius 2 is 2.29 bits per heavy atom. The number of carbonyl (C=O) groups excluding carboxylic acids is 1. The molecule has 1 aromatic carbocycles. The van der Waals surface area contributed by atoms with E-state index >= 15 is 0 Å². The van der Waals surface area contributed by atoms with Gasteiger partial charge in [0.15, 0.2) is 0 Å². The highest BCUT2D eigenvalue weighted by Gasteiger charge is 2.25. The maximum absolute atomic E-state index is 11.9. The average Bonchev–Trinajstić information content (AvgIpc) is 2.82. The monoisotopic (exact) mass is 292 g/mol. The van der Waals surface area contributed by atoms with Gasteiger partial charge < -0.3 is 20.1 Å². The van der Waals surface area contributed by atoms with Gasteiger partial charge in [-0.2, -0.15) is 0 Å². The molecule has 2 unspecified atom stereocenters. The van der Waals surface area contributed by atoms with Gasteiger partial charge in [0.05, 0.1) is 18.2 Å². The zero-order valence-electron chi connectivity index (χ0n) is 12.9. The molecule has 2 rings (SSSR count). The SMILES string of the molecule is CC(C)Oc1cccc(CNC(=O)NC2CCOC2C)c1. The van der Waals surface area contributed by atoms with Gasteiger partial charge in [-0.3, -0.25) is 0 Å². The molecule has 0 aromatic heterocycles. The number of nitrogens with one attached hydrogen (secondary N) is 2. The van der Waals surface area contributed by atoms with Crippen LogP contribution in [-0.2, 0) is 11.3 Å². The summed E-state index contributed by atoms with van der Waals surface area (Å²) in [5.41, 5.74) is 1.01. The second-order valence-corrected chi connectivity index (χ2v) is 5.61. The Morgan fingerprint density at radius 3 is 2.95 bits per heavy atom. The smallest absolute Gasteiger partial charge is 0.315 e. The summed E-state index contributed by atoms with van der Waals surface area (Å²) >= 11 is 0. The first-order valence-electron chi connectivity index (χ1n) is 7.46. The van der Waals surface area contributed by atoms with Crippen LogP contribution in [0.25, 0.3) is 0 Å². The summed E-state index contributed by atoms with van der Waals surface area (Å²) in [4.78, 5) is 11.9. The lowest BCUT2D eigenvalue weighted by atomic mass is 10.1. The molecular weight excluding hydrogens is 268 g/mol. The van der Waals surface area contributed by atoms with Gasteiger partial charge in [0.25, 0.3) is 0 Å².